The van der Waals surface area contributed by atoms with Gasteiger partial charge in [-0.3, -0.25) is 0 Å². The van der Waals surface area contributed by atoms with Gasteiger partial charge in [0.15, 0.2) is 0 Å². The van der Waals surface area contributed by atoms with Crippen molar-refractivity contribution in [1.82, 2.24) is 4.98 Å². The van der Waals surface area contributed by atoms with Crippen molar-refractivity contribution in [3.8, 4) is 0 Å². The third-order valence-corrected chi connectivity index (χ3v) is 2.13. The van der Waals surface area contributed by atoms with Crippen LogP contribution in [0.3, 0.4) is 0 Å². The predicted molar refractivity (Wildman–Crippen MR) is 62.8 cm³/mol. The second kappa shape index (κ2) is 4.09. The van der Waals surface area contributed by atoms with Crippen LogP contribution in [0.25, 0.3) is 10.8 Å². The first-order chi connectivity index (χ1) is 6.29. The Kier molecular flexibility index (Phi) is 3.07. The Morgan fingerprint density at radius 2 is 1.93 bits per heavy atom. The van der Waals surface area contributed by atoms with Crippen molar-refractivity contribution in [3.63, 3.8) is 0 Å². The molecular weight excluding hydrogens is 172 g/mol. The summed E-state index contributed by atoms with van der Waals surface area (Å²) in [5.41, 5.74) is 1.28. The number of aryl methyl sites for hydroxylation is 1. The predicted octanol–water partition coefficient (Wildman–Crippen LogP) is 3.22. The lowest BCUT2D eigenvalue weighted by Gasteiger charge is -2.02. The number of anilines is 1. The second-order valence-corrected chi connectivity index (χ2v) is 3.17. The van der Waals surface area contributed by atoms with Gasteiger partial charge in [0.2, 0.25) is 0 Å². The molecule has 0 radical (unpaired) electrons. The molecule has 2 rings (SSSR count). The average molecular weight is 188 g/mol. The maximum atomic E-state index is 4.24. The lowest BCUT2D eigenvalue weighted by molar-refractivity contribution is 1.31. The van der Waals surface area contributed by atoms with E-state index in [1.54, 1.807) is 0 Å². The van der Waals surface area contributed by atoms with E-state index in [-0.39, 0.29) is 7.43 Å². The zero-order chi connectivity index (χ0) is 9.26. The summed E-state index contributed by atoms with van der Waals surface area (Å²) in [6.45, 7) is 2.10. The number of benzene rings is 1. The SMILES string of the molecule is C.CNc1cc2cc(C)ccc2cn1. The van der Waals surface area contributed by atoms with Crippen LogP contribution in [-0.4, -0.2) is 12.0 Å². The number of hydrogen-bond acceptors (Lipinski definition) is 2. The fourth-order valence-electron chi connectivity index (χ4n) is 1.40. The van der Waals surface area contributed by atoms with Crippen LogP contribution in [-0.2, 0) is 0 Å². The molecule has 0 aliphatic carbocycles. The van der Waals surface area contributed by atoms with Crippen molar-refractivity contribution in [2.24, 2.45) is 0 Å². The number of aromatic nitrogens is 1. The quantitative estimate of drug-likeness (QED) is 0.743. The minimum Gasteiger partial charge on any atom is -0.373 e. The van der Waals surface area contributed by atoms with E-state index in [1.807, 2.05) is 13.2 Å². The fourth-order valence-corrected chi connectivity index (χ4v) is 1.40. The first-order valence-corrected chi connectivity index (χ1v) is 4.34. The highest BCUT2D eigenvalue weighted by atomic mass is 14.9. The van der Waals surface area contributed by atoms with Crippen LogP contribution in [0.2, 0.25) is 0 Å². The average Bonchev–Trinajstić information content (AvgIpc) is 2.16. The van der Waals surface area contributed by atoms with Crippen molar-refractivity contribution in [3.05, 3.63) is 36.0 Å². The molecule has 0 atom stereocenters. The summed E-state index contributed by atoms with van der Waals surface area (Å²) in [6, 6.07) is 8.42. The number of pyridine rings is 1. The normalized spacial score (nSPS) is 9.57. The summed E-state index contributed by atoms with van der Waals surface area (Å²) in [5, 5.41) is 5.45. The third-order valence-electron chi connectivity index (χ3n) is 2.13. The minimum atomic E-state index is 0. The molecule has 2 heteroatoms. The van der Waals surface area contributed by atoms with Crippen molar-refractivity contribution >= 4 is 16.6 Å². The first-order valence-electron chi connectivity index (χ1n) is 4.34. The van der Waals surface area contributed by atoms with Gasteiger partial charge in [0.1, 0.15) is 5.82 Å². The first kappa shape index (κ1) is 10.5. The zero-order valence-corrected chi connectivity index (χ0v) is 7.83. The number of hydrogen-bond donors (Lipinski definition) is 1. The molecule has 0 spiro atoms. The summed E-state index contributed by atoms with van der Waals surface area (Å²) in [7, 11) is 1.88. The molecule has 0 saturated heterocycles. The van der Waals surface area contributed by atoms with Crippen molar-refractivity contribution in [1.29, 1.82) is 0 Å². The van der Waals surface area contributed by atoms with E-state index in [9.17, 15) is 0 Å². The fraction of sp³-hybridized carbons (Fsp3) is 0.250. The number of nitrogens with zero attached hydrogens (tertiary/aromatic N) is 1. The summed E-state index contributed by atoms with van der Waals surface area (Å²) in [5.74, 6) is 0.915. The van der Waals surface area contributed by atoms with Crippen LogP contribution in [0.4, 0.5) is 5.82 Å². The largest absolute Gasteiger partial charge is 0.373 e. The summed E-state index contributed by atoms with van der Waals surface area (Å²) < 4.78 is 0. The van der Waals surface area contributed by atoms with Crippen LogP contribution in [0, 0.1) is 6.92 Å². The summed E-state index contributed by atoms with van der Waals surface area (Å²) >= 11 is 0. The molecule has 0 unspecified atom stereocenters. The van der Waals surface area contributed by atoms with E-state index in [0.29, 0.717) is 0 Å². The highest BCUT2D eigenvalue weighted by molar-refractivity contribution is 5.84. The van der Waals surface area contributed by atoms with Gasteiger partial charge in [0.25, 0.3) is 0 Å². The minimum absolute atomic E-state index is 0. The summed E-state index contributed by atoms with van der Waals surface area (Å²) in [6.07, 6.45) is 1.89. The smallest absolute Gasteiger partial charge is 0.126 e. The van der Waals surface area contributed by atoms with Gasteiger partial charge in [-0.1, -0.05) is 31.2 Å². The van der Waals surface area contributed by atoms with Gasteiger partial charge in [-0.15, -0.1) is 0 Å². The van der Waals surface area contributed by atoms with Gasteiger partial charge in [-0.25, -0.2) is 4.98 Å². The Hall–Kier alpha value is -1.57. The molecule has 0 aliphatic rings. The lowest BCUT2D eigenvalue weighted by Crippen LogP contribution is -1.91. The number of nitrogens with one attached hydrogen (secondary N) is 1. The van der Waals surface area contributed by atoms with E-state index >= 15 is 0 Å². The lowest BCUT2D eigenvalue weighted by atomic mass is 10.1. The monoisotopic (exact) mass is 188 g/mol. The zero-order valence-electron chi connectivity index (χ0n) is 7.83. The standard InChI is InChI=1S/C11H12N2.CH4/c1-8-3-4-9-7-13-11(12-2)6-10(9)5-8;/h3-7H,1-2H3,(H,12,13);1H4. The maximum Gasteiger partial charge on any atom is 0.126 e. The van der Waals surface area contributed by atoms with E-state index in [0.717, 1.165) is 5.82 Å². The molecule has 0 fully saturated rings. The Bertz CT molecular complexity index is 435. The van der Waals surface area contributed by atoms with Crippen LogP contribution in [0.1, 0.15) is 13.0 Å². The van der Waals surface area contributed by atoms with E-state index in [2.05, 4.69) is 41.5 Å². The van der Waals surface area contributed by atoms with Crippen LogP contribution in [0.5, 0.6) is 0 Å². The van der Waals surface area contributed by atoms with Crippen LogP contribution >= 0.6 is 0 Å². The Morgan fingerprint density at radius 3 is 2.64 bits per heavy atom. The van der Waals surface area contributed by atoms with Gasteiger partial charge in [0.05, 0.1) is 0 Å². The van der Waals surface area contributed by atoms with Gasteiger partial charge in [-0.05, 0) is 18.4 Å². The molecule has 14 heavy (non-hydrogen) atoms. The van der Waals surface area contributed by atoms with Crippen molar-refractivity contribution in [2.75, 3.05) is 12.4 Å². The molecule has 1 heterocycles. The third kappa shape index (κ3) is 1.84. The Balaban J connectivity index is 0.000000980. The molecular formula is C12H16N2. The highest BCUT2D eigenvalue weighted by Crippen LogP contribution is 2.17. The van der Waals surface area contributed by atoms with E-state index in [4.69, 9.17) is 0 Å². The Labute approximate surface area is 85.0 Å². The molecule has 1 aromatic carbocycles. The van der Waals surface area contributed by atoms with Crippen LogP contribution < -0.4 is 5.32 Å². The summed E-state index contributed by atoms with van der Waals surface area (Å²) in [4.78, 5) is 4.24. The topological polar surface area (TPSA) is 24.9 Å². The van der Waals surface area contributed by atoms with Crippen molar-refractivity contribution < 1.29 is 0 Å². The molecule has 0 saturated carbocycles. The molecule has 1 aromatic heterocycles. The van der Waals surface area contributed by atoms with Crippen molar-refractivity contribution in [2.45, 2.75) is 14.4 Å². The maximum absolute atomic E-state index is 4.24. The number of fused-ring (bicyclic) bond motifs is 1. The molecule has 0 amide bonds. The van der Waals surface area contributed by atoms with Crippen LogP contribution in [0.15, 0.2) is 30.5 Å². The molecule has 2 aromatic rings. The van der Waals surface area contributed by atoms with Gasteiger partial charge in [-0.2, -0.15) is 0 Å². The van der Waals surface area contributed by atoms with E-state index < -0.39 is 0 Å². The van der Waals surface area contributed by atoms with Gasteiger partial charge >= 0.3 is 0 Å². The molecule has 1 N–H and O–H groups in total. The highest BCUT2D eigenvalue weighted by Gasteiger charge is 1.95. The van der Waals surface area contributed by atoms with E-state index in [1.165, 1.54) is 16.3 Å². The van der Waals surface area contributed by atoms with Gasteiger partial charge < -0.3 is 5.32 Å². The number of rotatable bonds is 1. The molecule has 0 bridgehead atoms. The molecule has 0 aliphatic heterocycles. The van der Waals surface area contributed by atoms with Gasteiger partial charge in [0, 0.05) is 18.6 Å². The second-order valence-electron chi connectivity index (χ2n) is 3.17. The molecule has 2 nitrogen and oxygen atoms in total. The molecule has 74 valence electrons. The Morgan fingerprint density at radius 1 is 1.14 bits per heavy atom.